The Hall–Kier alpha value is -0.260. The van der Waals surface area contributed by atoms with E-state index in [4.69, 9.17) is 4.74 Å². The summed E-state index contributed by atoms with van der Waals surface area (Å²) < 4.78 is 30.2. The molecule has 0 aromatic rings. The van der Waals surface area contributed by atoms with Gasteiger partial charge >= 0.3 is 0 Å². The van der Waals surface area contributed by atoms with E-state index in [9.17, 15) is 8.78 Å². The lowest BCUT2D eigenvalue weighted by Crippen LogP contribution is -2.49. The van der Waals surface area contributed by atoms with Crippen molar-refractivity contribution in [3.8, 4) is 0 Å². The number of likely N-dealkylation sites (tertiary alicyclic amines) is 1. The second-order valence-electron chi connectivity index (χ2n) is 4.46. The number of piperidine rings is 1. The first-order valence-electron chi connectivity index (χ1n) is 5.79. The molecule has 1 saturated heterocycles. The first-order chi connectivity index (χ1) is 7.54. The SMILES string of the molecule is COC(C)N(CC(F)F)C1CCN(C)CC1. The highest BCUT2D eigenvalue weighted by Gasteiger charge is 2.28. The summed E-state index contributed by atoms with van der Waals surface area (Å²) in [6, 6.07) is 0.222. The van der Waals surface area contributed by atoms with Gasteiger partial charge in [-0.2, -0.15) is 0 Å². The fourth-order valence-electron chi connectivity index (χ4n) is 2.22. The largest absolute Gasteiger partial charge is 0.367 e. The van der Waals surface area contributed by atoms with Gasteiger partial charge in [-0.15, -0.1) is 0 Å². The number of ether oxygens (including phenoxy) is 1. The zero-order valence-corrected chi connectivity index (χ0v) is 10.3. The Bertz CT molecular complexity index is 196. The minimum Gasteiger partial charge on any atom is -0.367 e. The van der Waals surface area contributed by atoms with Crippen molar-refractivity contribution in [3.63, 3.8) is 0 Å². The lowest BCUT2D eigenvalue weighted by atomic mass is 10.0. The Balaban J connectivity index is 2.54. The first-order valence-corrected chi connectivity index (χ1v) is 5.79. The zero-order valence-electron chi connectivity index (χ0n) is 10.3. The molecule has 1 heterocycles. The summed E-state index contributed by atoms with van der Waals surface area (Å²) in [4.78, 5) is 4.02. The molecule has 0 radical (unpaired) electrons. The topological polar surface area (TPSA) is 15.7 Å². The van der Waals surface area contributed by atoms with E-state index >= 15 is 0 Å². The molecular formula is C11H22F2N2O. The predicted octanol–water partition coefficient (Wildman–Crippen LogP) is 1.64. The van der Waals surface area contributed by atoms with Crippen molar-refractivity contribution in [1.29, 1.82) is 0 Å². The Morgan fingerprint density at radius 1 is 1.38 bits per heavy atom. The Kier molecular flexibility index (Phi) is 5.58. The molecule has 0 bridgehead atoms. The fourth-order valence-corrected chi connectivity index (χ4v) is 2.22. The van der Waals surface area contributed by atoms with Crippen molar-refractivity contribution in [1.82, 2.24) is 9.80 Å². The number of hydrogen-bond acceptors (Lipinski definition) is 3. The summed E-state index contributed by atoms with van der Waals surface area (Å²) in [5.41, 5.74) is 0. The average Bonchev–Trinajstić information content (AvgIpc) is 2.26. The van der Waals surface area contributed by atoms with Crippen molar-refractivity contribution >= 4 is 0 Å². The fraction of sp³-hybridized carbons (Fsp3) is 1.00. The number of hydrogen-bond donors (Lipinski definition) is 0. The van der Waals surface area contributed by atoms with E-state index in [0.29, 0.717) is 0 Å². The van der Waals surface area contributed by atoms with Gasteiger partial charge in [0, 0.05) is 13.2 Å². The summed E-state index contributed by atoms with van der Waals surface area (Å²) in [6.07, 6.45) is -0.645. The molecule has 0 saturated carbocycles. The highest BCUT2D eigenvalue weighted by atomic mass is 19.3. The number of alkyl halides is 2. The van der Waals surface area contributed by atoms with Gasteiger partial charge in [0.2, 0.25) is 0 Å². The number of halogens is 2. The molecule has 0 aromatic heterocycles. The lowest BCUT2D eigenvalue weighted by Gasteiger charge is -2.39. The third-order valence-electron chi connectivity index (χ3n) is 3.31. The third kappa shape index (κ3) is 3.96. The molecule has 0 N–H and O–H groups in total. The summed E-state index contributed by atoms with van der Waals surface area (Å²) in [7, 11) is 3.63. The molecule has 3 nitrogen and oxygen atoms in total. The van der Waals surface area contributed by atoms with Gasteiger partial charge in [-0.05, 0) is 39.9 Å². The van der Waals surface area contributed by atoms with Gasteiger partial charge in [0.05, 0.1) is 6.54 Å². The molecule has 1 unspecified atom stereocenters. The van der Waals surface area contributed by atoms with E-state index in [-0.39, 0.29) is 18.8 Å². The van der Waals surface area contributed by atoms with Crippen molar-refractivity contribution < 1.29 is 13.5 Å². The van der Waals surface area contributed by atoms with Gasteiger partial charge in [0.25, 0.3) is 6.43 Å². The zero-order chi connectivity index (χ0) is 12.1. The van der Waals surface area contributed by atoms with Crippen LogP contribution in [-0.2, 0) is 4.74 Å². The molecule has 0 amide bonds. The molecule has 1 atom stereocenters. The maximum absolute atomic E-state index is 12.5. The lowest BCUT2D eigenvalue weighted by molar-refractivity contribution is -0.0778. The highest BCUT2D eigenvalue weighted by molar-refractivity contribution is 4.79. The summed E-state index contributed by atoms with van der Waals surface area (Å²) in [5.74, 6) is 0. The van der Waals surface area contributed by atoms with Gasteiger partial charge in [0.15, 0.2) is 0 Å². The third-order valence-corrected chi connectivity index (χ3v) is 3.31. The second kappa shape index (κ2) is 6.47. The van der Waals surface area contributed by atoms with Crippen molar-refractivity contribution in [2.75, 3.05) is 33.8 Å². The molecule has 1 aliphatic rings. The molecule has 0 aliphatic carbocycles. The molecule has 1 rings (SSSR count). The summed E-state index contributed by atoms with van der Waals surface area (Å²) >= 11 is 0. The molecule has 5 heteroatoms. The minimum absolute atomic E-state index is 0.191. The van der Waals surface area contributed by atoms with Crippen LogP contribution in [0.5, 0.6) is 0 Å². The predicted molar refractivity (Wildman–Crippen MR) is 59.7 cm³/mol. The maximum atomic E-state index is 12.5. The maximum Gasteiger partial charge on any atom is 0.251 e. The van der Waals surface area contributed by atoms with Crippen molar-refractivity contribution in [3.05, 3.63) is 0 Å². The van der Waals surface area contributed by atoms with E-state index in [1.54, 1.807) is 12.0 Å². The number of nitrogens with zero attached hydrogens (tertiary/aromatic N) is 2. The monoisotopic (exact) mass is 236 g/mol. The van der Waals surface area contributed by atoms with Crippen LogP contribution in [-0.4, -0.2) is 62.3 Å². The molecule has 0 spiro atoms. The molecule has 16 heavy (non-hydrogen) atoms. The smallest absolute Gasteiger partial charge is 0.251 e. The van der Waals surface area contributed by atoms with E-state index in [2.05, 4.69) is 11.9 Å². The summed E-state index contributed by atoms with van der Waals surface area (Å²) in [5, 5.41) is 0. The molecule has 96 valence electrons. The van der Waals surface area contributed by atoms with E-state index in [0.717, 1.165) is 25.9 Å². The minimum atomic E-state index is -2.29. The molecule has 1 aliphatic heterocycles. The van der Waals surface area contributed by atoms with Gasteiger partial charge in [0.1, 0.15) is 6.23 Å². The Morgan fingerprint density at radius 2 is 1.94 bits per heavy atom. The first kappa shape index (κ1) is 13.8. The van der Waals surface area contributed by atoms with Crippen LogP contribution in [0.1, 0.15) is 19.8 Å². The Labute approximate surface area is 96.3 Å². The van der Waals surface area contributed by atoms with Crippen LogP contribution in [0, 0.1) is 0 Å². The van der Waals surface area contributed by atoms with Gasteiger partial charge < -0.3 is 9.64 Å². The van der Waals surface area contributed by atoms with E-state index < -0.39 is 6.43 Å². The molecule has 0 aromatic carbocycles. The normalized spacial score (nSPS) is 21.9. The van der Waals surface area contributed by atoms with Crippen molar-refractivity contribution in [2.24, 2.45) is 0 Å². The number of rotatable bonds is 5. The van der Waals surface area contributed by atoms with E-state index in [1.807, 2.05) is 6.92 Å². The van der Waals surface area contributed by atoms with Crippen LogP contribution < -0.4 is 0 Å². The quantitative estimate of drug-likeness (QED) is 0.675. The van der Waals surface area contributed by atoms with Gasteiger partial charge in [-0.3, -0.25) is 4.90 Å². The average molecular weight is 236 g/mol. The van der Waals surface area contributed by atoms with Crippen LogP contribution in [0.25, 0.3) is 0 Å². The van der Waals surface area contributed by atoms with Gasteiger partial charge in [-0.1, -0.05) is 0 Å². The van der Waals surface area contributed by atoms with Crippen molar-refractivity contribution in [2.45, 2.75) is 38.5 Å². The van der Waals surface area contributed by atoms with Crippen LogP contribution in [0.3, 0.4) is 0 Å². The van der Waals surface area contributed by atoms with Gasteiger partial charge in [-0.25, -0.2) is 8.78 Å². The molecule has 1 fully saturated rings. The number of methoxy groups -OCH3 is 1. The van der Waals surface area contributed by atoms with Crippen LogP contribution in [0.4, 0.5) is 8.78 Å². The second-order valence-corrected chi connectivity index (χ2v) is 4.46. The Morgan fingerprint density at radius 3 is 2.38 bits per heavy atom. The highest BCUT2D eigenvalue weighted by Crippen LogP contribution is 2.19. The van der Waals surface area contributed by atoms with E-state index in [1.165, 1.54) is 0 Å². The standard InChI is InChI=1S/C11H22F2N2O/c1-9(16-3)15(8-11(12)13)10-4-6-14(2)7-5-10/h9-11H,4-8H2,1-3H3. The van der Waals surface area contributed by atoms with Crippen LogP contribution in [0.2, 0.25) is 0 Å². The molecular weight excluding hydrogens is 214 g/mol. The summed E-state index contributed by atoms with van der Waals surface area (Å²) in [6.45, 7) is 3.59. The van der Waals surface area contributed by atoms with Crippen LogP contribution >= 0.6 is 0 Å². The van der Waals surface area contributed by atoms with Crippen LogP contribution in [0.15, 0.2) is 0 Å².